The second-order valence-corrected chi connectivity index (χ2v) is 5.23. The Hall–Kier alpha value is -0.190. The zero-order chi connectivity index (χ0) is 11.4. The van der Waals surface area contributed by atoms with Crippen LogP contribution in [-0.4, -0.2) is 54.1 Å². The van der Waals surface area contributed by atoms with Gasteiger partial charge in [0.25, 0.3) is 0 Å². The third-order valence-corrected chi connectivity index (χ3v) is 3.58. The Labute approximate surface area is 98.6 Å². The highest BCUT2D eigenvalue weighted by Crippen LogP contribution is 2.11. The standard InChI is InChI=1S/C11H23N3S/c1-9(11(12)15)7-14-6-4-5-13(3)8-10(14)2/h9-10H,4-8H2,1-3H3,(H2,12,15). The van der Waals surface area contributed by atoms with Crippen LogP contribution in [0, 0.1) is 5.92 Å². The third kappa shape index (κ3) is 4.05. The van der Waals surface area contributed by atoms with Crippen molar-refractivity contribution in [3.63, 3.8) is 0 Å². The molecule has 0 bridgehead atoms. The van der Waals surface area contributed by atoms with Gasteiger partial charge in [-0.3, -0.25) is 4.90 Å². The molecular formula is C11H23N3S. The van der Waals surface area contributed by atoms with Crippen LogP contribution < -0.4 is 5.73 Å². The number of nitrogens with zero attached hydrogens (tertiary/aromatic N) is 2. The number of likely N-dealkylation sites (N-methyl/N-ethyl adjacent to an activating group) is 1. The van der Waals surface area contributed by atoms with Gasteiger partial charge in [0.2, 0.25) is 0 Å². The van der Waals surface area contributed by atoms with Gasteiger partial charge in [0.1, 0.15) is 0 Å². The minimum absolute atomic E-state index is 0.325. The van der Waals surface area contributed by atoms with Crippen molar-refractivity contribution >= 4 is 17.2 Å². The van der Waals surface area contributed by atoms with Crippen LogP contribution in [0.2, 0.25) is 0 Å². The molecule has 0 spiro atoms. The highest BCUT2D eigenvalue weighted by molar-refractivity contribution is 7.80. The highest BCUT2D eigenvalue weighted by Gasteiger charge is 2.21. The zero-order valence-electron chi connectivity index (χ0n) is 10.1. The predicted molar refractivity (Wildman–Crippen MR) is 69.1 cm³/mol. The lowest BCUT2D eigenvalue weighted by Crippen LogP contribution is -2.42. The van der Waals surface area contributed by atoms with E-state index in [4.69, 9.17) is 18.0 Å². The molecule has 2 N–H and O–H groups in total. The molecule has 1 fully saturated rings. The molecule has 3 nitrogen and oxygen atoms in total. The van der Waals surface area contributed by atoms with Gasteiger partial charge in [0, 0.05) is 25.0 Å². The van der Waals surface area contributed by atoms with Crippen LogP contribution in [0.15, 0.2) is 0 Å². The van der Waals surface area contributed by atoms with Crippen molar-refractivity contribution < 1.29 is 0 Å². The monoisotopic (exact) mass is 229 g/mol. The first-order chi connectivity index (χ1) is 7.00. The summed E-state index contributed by atoms with van der Waals surface area (Å²) in [4.78, 5) is 5.54. The second kappa shape index (κ2) is 5.77. The molecule has 0 radical (unpaired) electrons. The molecule has 88 valence electrons. The van der Waals surface area contributed by atoms with E-state index >= 15 is 0 Å². The van der Waals surface area contributed by atoms with Crippen LogP contribution >= 0.6 is 12.2 Å². The van der Waals surface area contributed by atoms with E-state index in [0.29, 0.717) is 16.9 Å². The molecule has 1 heterocycles. The molecule has 2 unspecified atom stereocenters. The van der Waals surface area contributed by atoms with E-state index in [0.717, 1.165) is 13.1 Å². The van der Waals surface area contributed by atoms with Gasteiger partial charge >= 0.3 is 0 Å². The van der Waals surface area contributed by atoms with Crippen LogP contribution in [0.3, 0.4) is 0 Å². The SMILES string of the molecule is CC(CN1CCCN(C)CC1C)C(N)=S. The van der Waals surface area contributed by atoms with Crippen LogP contribution in [0.5, 0.6) is 0 Å². The molecule has 1 rings (SSSR count). The molecule has 2 atom stereocenters. The van der Waals surface area contributed by atoms with Crippen molar-refractivity contribution in [1.29, 1.82) is 0 Å². The number of thiocarbonyl (C=S) groups is 1. The lowest BCUT2D eigenvalue weighted by molar-refractivity contribution is 0.192. The van der Waals surface area contributed by atoms with Crippen LogP contribution in [-0.2, 0) is 0 Å². The molecule has 1 aliphatic heterocycles. The van der Waals surface area contributed by atoms with Crippen molar-refractivity contribution in [2.75, 3.05) is 33.2 Å². The fourth-order valence-corrected chi connectivity index (χ4v) is 2.21. The molecule has 0 aromatic rings. The van der Waals surface area contributed by atoms with E-state index in [2.05, 4.69) is 30.7 Å². The first-order valence-electron chi connectivity index (χ1n) is 5.72. The normalized spacial score (nSPS) is 27.3. The Morgan fingerprint density at radius 1 is 1.53 bits per heavy atom. The van der Waals surface area contributed by atoms with Crippen LogP contribution in [0.25, 0.3) is 0 Å². The predicted octanol–water partition coefficient (Wildman–Crippen LogP) is 0.935. The average molecular weight is 229 g/mol. The number of nitrogens with two attached hydrogens (primary N) is 1. The third-order valence-electron chi connectivity index (χ3n) is 3.18. The van der Waals surface area contributed by atoms with Gasteiger partial charge in [-0.25, -0.2) is 0 Å². The molecule has 1 saturated heterocycles. The summed E-state index contributed by atoms with van der Waals surface area (Å²) >= 11 is 5.02. The van der Waals surface area contributed by atoms with Gasteiger partial charge < -0.3 is 10.6 Å². The Kier molecular flexibility index (Phi) is 4.96. The maximum Gasteiger partial charge on any atom is 0.0768 e. The summed E-state index contributed by atoms with van der Waals surface area (Å²) in [7, 11) is 2.19. The van der Waals surface area contributed by atoms with E-state index in [1.165, 1.54) is 19.5 Å². The molecule has 4 heteroatoms. The van der Waals surface area contributed by atoms with Gasteiger partial charge in [-0.2, -0.15) is 0 Å². The van der Waals surface area contributed by atoms with Crippen molar-refractivity contribution in [1.82, 2.24) is 9.80 Å². The van der Waals surface area contributed by atoms with Gasteiger partial charge in [-0.05, 0) is 33.5 Å². The number of hydrogen-bond acceptors (Lipinski definition) is 3. The summed E-state index contributed by atoms with van der Waals surface area (Å²) in [6.45, 7) is 8.91. The molecule has 15 heavy (non-hydrogen) atoms. The van der Waals surface area contributed by atoms with Gasteiger partial charge in [0.05, 0.1) is 4.99 Å². The summed E-state index contributed by atoms with van der Waals surface area (Å²) < 4.78 is 0. The lowest BCUT2D eigenvalue weighted by Gasteiger charge is -2.29. The van der Waals surface area contributed by atoms with Gasteiger partial charge in [-0.1, -0.05) is 19.1 Å². The maximum absolute atomic E-state index is 5.66. The van der Waals surface area contributed by atoms with E-state index in [1.54, 1.807) is 0 Å². The fourth-order valence-electron chi connectivity index (χ4n) is 2.13. The summed E-state index contributed by atoms with van der Waals surface area (Å²) in [6.07, 6.45) is 1.24. The van der Waals surface area contributed by atoms with E-state index < -0.39 is 0 Å². The topological polar surface area (TPSA) is 32.5 Å². The van der Waals surface area contributed by atoms with E-state index in [9.17, 15) is 0 Å². The van der Waals surface area contributed by atoms with Crippen molar-refractivity contribution in [2.45, 2.75) is 26.3 Å². The Morgan fingerprint density at radius 2 is 2.20 bits per heavy atom. The fraction of sp³-hybridized carbons (Fsp3) is 0.909. The summed E-state index contributed by atoms with van der Waals surface area (Å²) in [6, 6.07) is 0.606. The summed E-state index contributed by atoms with van der Waals surface area (Å²) in [5, 5.41) is 0. The smallest absolute Gasteiger partial charge is 0.0768 e. The quantitative estimate of drug-likeness (QED) is 0.730. The molecule has 0 aromatic heterocycles. The van der Waals surface area contributed by atoms with E-state index in [-0.39, 0.29) is 0 Å². The molecular weight excluding hydrogens is 206 g/mol. The lowest BCUT2D eigenvalue weighted by atomic mass is 10.1. The Bertz CT molecular complexity index is 220. The van der Waals surface area contributed by atoms with Crippen molar-refractivity contribution in [3.8, 4) is 0 Å². The maximum atomic E-state index is 5.66. The molecule has 0 amide bonds. The van der Waals surface area contributed by atoms with Crippen LogP contribution in [0.1, 0.15) is 20.3 Å². The molecule has 1 aliphatic rings. The molecule has 0 aliphatic carbocycles. The van der Waals surface area contributed by atoms with E-state index in [1.807, 2.05) is 0 Å². The Balaban J connectivity index is 2.49. The number of hydrogen-bond donors (Lipinski definition) is 1. The highest BCUT2D eigenvalue weighted by atomic mass is 32.1. The minimum atomic E-state index is 0.325. The zero-order valence-corrected chi connectivity index (χ0v) is 10.9. The summed E-state index contributed by atoms with van der Waals surface area (Å²) in [5.74, 6) is 0.325. The average Bonchev–Trinajstić information content (AvgIpc) is 2.28. The van der Waals surface area contributed by atoms with Crippen molar-refractivity contribution in [2.24, 2.45) is 11.7 Å². The first-order valence-corrected chi connectivity index (χ1v) is 6.13. The first kappa shape index (κ1) is 12.9. The Morgan fingerprint density at radius 3 is 2.80 bits per heavy atom. The molecule has 0 saturated carbocycles. The molecule has 0 aromatic carbocycles. The van der Waals surface area contributed by atoms with Gasteiger partial charge in [0.15, 0.2) is 0 Å². The van der Waals surface area contributed by atoms with Crippen molar-refractivity contribution in [3.05, 3.63) is 0 Å². The minimum Gasteiger partial charge on any atom is -0.393 e. The second-order valence-electron chi connectivity index (χ2n) is 4.76. The largest absolute Gasteiger partial charge is 0.393 e. The number of rotatable bonds is 3. The van der Waals surface area contributed by atoms with Crippen LogP contribution in [0.4, 0.5) is 0 Å². The van der Waals surface area contributed by atoms with Gasteiger partial charge in [-0.15, -0.1) is 0 Å². The summed E-state index contributed by atoms with van der Waals surface area (Å²) in [5.41, 5.74) is 5.66.